The van der Waals surface area contributed by atoms with Crippen LogP contribution in [-0.4, -0.2) is 46.7 Å². The number of benzene rings is 3. The number of esters is 1. The second-order valence-corrected chi connectivity index (χ2v) is 12.0. The van der Waals surface area contributed by atoms with Crippen molar-refractivity contribution in [2.45, 2.75) is 35.9 Å². The molecule has 1 aromatic heterocycles. The van der Waals surface area contributed by atoms with Crippen LogP contribution < -0.4 is 9.64 Å². The van der Waals surface area contributed by atoms with Crippen molar-refractivity contribution in [3.63, 3.8) is 0 Å². The maximum atomic E-state index is 13.5. The van der Waals surface area contributed by atoms with Crippen LogP contribution in [0, 0.1) is 5.82 Å². The largest absolute Gasteiger partial charge is 0.507 e. The van der Waals surface area contributed by atoms with E-state index < -0.39 is 23.7 Å². The summed E-state index contributed by atoms with van der Waals surface area (Å²) in [7, 11) is 1.27. The van der Waals surface area contributed by atoms with Gasteiger partial charge in [0, 0.05) is 11.3 Å². The average Bonchev–Trinajstić information content (AvgIpc) is 3.62. The summed E-state index contributed by atoms with van der Waals surface area (Å²) in [5.74, 6) is -1.89. The van der Waals surface area contributed by atoms with Crippen LogP contribution >= 0.6 is 23.1 Å². The Morgan fingerprint density at radius 1 is 1.00 bits per heavy atom. The number of Topliss-reactive ketones (excluding diaryl/α,β-unsaturated/α-hetero) is 1. The van der Waals surface area contributed by atoms with Crippen LogP contribution in [0.4, 0.5) is 9.52 Å². The number of rotatable bonds is 11. The van der Waals surface area contributed by atoms with Crippen molar-refractivity contribution in [2.24, 2.45) is 0 Å². The van der Waals surface area contributed by atoms with Gasteiger partial charge in [-0.25, -0.2) is 9.18 Å². The van der Waals surface area contributed by atoms with E-state index in [9.17, 15) is 23.9 Å². The number of hydrogen-bond acceptors (Lipinski definition) is 10. The van der Waals surface area contributed by atoms with E-state index in [1.54, 1.807) is 48.5 Å². The number of halogens is 1. The minimum Gasteiger partial charge on any atom is -0.507 e. The Balaban J connectivity index is 1.50. The molecule has 1 N–H and O–H groups in total. The number of carbonyl (C=O) groups is 3. The van der Waals surface area contributed by atoms with Crippen LogP contribution in [0.5, 0.6) is 5.75 Å². The normalized spacial score (nSPS) is 15.9. The second-order valence-electron chi connectivity index (χ2n) is 9.77. The van der Waals surface area contributed by atoms with Gasteiger partial charge in [0.05, 0.1) is 30.9 Å². The molecule has 0 bridgehead atoms. The smallest absolute Gasteiger partial charge is 0.337 e. The molecule has 5 rings (SSSR count). The minimum absolute atomic E-state index is 0.129. The number of amides is 1. The molecule has 3 aromatic carbocycles. The van der Waals surface area contributed by atoms with Crippen LogP contribution in [0.25, 0.3) is 5.76 Å². The summed E-state index contributed by atoms with van der Waals surface area (Å²) < 4.78 is 24.3. The monoisotopic (exact) mass is 633 g/mol. The van der Waals surface area contributed by atoms with E-state index >= 15 is 0 Å². The maximum absolute atomic E-state index is 13.5. The molecule has 12 heteroatoms. The predicted octanol–water partition coefficient (Wildman–Crippen LogP) is 6.56. The van der Waals surface area contributed by atoms with Gasteiger partial charge in [0.25, 0.3) is 5.78 Å². The van der Waals surface area contributed by atoms with Gasteiger partial charge >= 0.3 is 11.9 Å². The van der Waals surface area contributed by atoms with Gasteiger partial charge in [0.1, 0.15) is 17.3 Å². The summed E-state index contributed by atoms with van der Waals surface area (Å²) in [5, 5.41) is 20.0. The molecule has 1 atom stereocenters. The number of carbonyl (C=O) groups excluding carboxylic acids is 3. The summed E-state index contributed by atoms with van der Waals surface area (Å²) in [4.78, 5) is 40.3. The number of ether oxygens (including phenoxy) is 2. The summed E-state index contributed by atoms with van der Waals surface area (Å²) in [6.07, 6.45) is 1.89. The zero-order valence-corrected chi connectivity index (χ0v) is 25.5. The van der Waals surface area contributed by atoms with Gasteiger partial charge in [0.2, 0.25) is 5.13 Å². The van der Waals surface area contributed by atoms with Gasteiger partial charge < -0.3 is 14.6 Å². The molecule has 0 saturated carbocycles. The van der Waals surface area contributed by atoms with Crippen LogP contribution in [0.1, 0.15) is 52.9 Å². The first kappa shape index (κ1) is 30.9. The van der Waals surface area contributed by atoms with Gasteiger partial charge in [0.15, 0.2) is 4.34 Å². The summed E-state index contributed by atoms with van der Waals surface area (Å²) in [6.45, 7) is 2.62. The van der Waals surface area contributed by atoms with Crippen molar-refractivity contribution in [3.05, 3.63) is 106 Å². The third-order valence-electron chi connectivity index (χ3n) is 6.86. The highest BCUT2D eigenvalue weighted by Crippen LogP contribution is 2.44. The Morgan fingerprint density at radius 2 is 1.68 bits per heavy atom. The van der Waals surface area contributed by atoms with Crippen LogP contribution in [0.2, 0.25) is 0 Å². The van der Waals surface area contributed by atoms with Crippen molar-refractivity contribution < 1.29 is 33.4 Å². The molecular formula is C32H28FN3O6S2. The fraction of sp³-hybridized carbons (Fsp3) is 0.219. The van der Waals surface area contributed by atoms with Crippen molar-refractivity contribution in [1.29, 1.82) is 0 Å². The van der Waals surface area contributed by atoms with Gasteiger partial charge in [-0.05, 0) is 66.1 Å². The standard InChI is InChI=1S/C32H28FN3O6S2/c1-3-4-17-42-24-15-11-21(12-16-24)27(37)25-26(20-7-9-22(10-8-20)30(40)41-2)36(29(39)28(25)38)31-34-35-32(44-31)43-18-19-5-13-23(33)14-6-19/h5-16,26,37H,3-4,17-18H2,1-2H3/t26-/m1/s1. The molecule has 44 heavy (non-hydrogen) atoms. The number of aliphatic hydroxyl groups is 1. The molecule has 0 radical (unpaired) electrons. The molecule has 1 saturated heterocycles. The average molecular weight is 634 g/mol. The SMILES string of the molecule is CCCCOc1ccc(C(O)=C2C(=O)C(=O)N(c3nnc(SCc4ccc(F)cc4)s3)[C@@H]2c2ccc(C(=O)OC)cc2)cc1. The Labute approximate surface area is 261 Å². The molecule has 1 fully saturated rings. The van der Waals surface area contributed by atoms with Crippen molar-refractivity contribution in [2.75, 3.05) is 18.6 Å². The third-order valence-corrected chi connectivity index (χ3v) is 8.99. The highest BCUT2D eigenvalue weighted by atomic mass is 32.2. The highest BCUT2D eigenvalue weighted by molar-refractivity contribution is 8.00. The quantitative estimate of drug-likeness (QED) is 0.0372. The zero-order valence-electron chi connectivity index (χ0n) is 23.9. The molecule has 1 aliphatic rings. The number of aliphatic hydroxyl groups excluding tert-OH is 1. The Morgan fingerprint density at radius 3 is 2.34 bits per heavy atom. The number of thioether (sulfide) groups is 1. The lowest BCUT2D eigenvalue weighted by Crippen LogP contribution is -2.29. The lowest BCUT2D eigenvalue weighted by Gasteiger charge is -2.22. The molecule has 226 valence electrons. The molecule has 0 unspecified atom stereocenters. The predicted molar refractivity (Wildman–Crippen MR) is 165 cm³/mol. The van der Waals surface area contributed by atoms with Gasteiger partial charge in [-0.15, -0.1) is 10.2 Å². The molecule has 1 aliphatic heterocycles. The first-order chi connectivity index (χ1) is 21.3. The lowest BCUT2D eigenvalue weighted by molar-refractivity contribution is -0.132. The minimum atomic E-state index is -1.05. The van der Waals surface area contributed by atoms with E-state index in [1.165, 1.54) is 48.0 Å². The van der Waals surface area contributed by atoms with Gasteiger partial charge in [-0.3, -0.25) is 14.5 Å². The number of unbranched alkanes of at least 4 members (excludes halogenated alkanes) is 1. The zero-order chi connectivity index (χ0) is 31.2. The number of hydrogen-bond donors (Lipinski definition) is 1. The molecular weight excluding hydrogens is 605 g/mol. The number of anilines is 1. The topological polar surface area (TPSA) is 119 Å². The van der Waals surface area contributed by atoms with E-state index in [4.69, 9.17) is 9.47 Å². The molecule has 0 spiro atoms. The highest BCUT2D eigenvalue weighted by Gasteiger charge is 2.48. The fourth-order valence-electron chi connectivity index (χ4n) is 4.55. The summed E-state index contributed by atoms with van der Waals surface area (Å²) in [5.41, 5.74) is 1.82. The van der Waals surface area contributed by atoms with Crippen LogP contribution in [-0.2, 0) is 20.1 Å². The fourth-order valence-corrected chi connectivity index (χ4v) is 6.37. The Kier molecular flexibility index (Phi) is 9.71. The Bertz CT molecular complexity index is 1690. The lowest BCUT2D eigenvalue weighted by atomic mass is 9.94. The van der Waals surface area contributed by atoms with E-state index in [2.05, 4.69) is 17.1 Å². The van der Waals surface area contributed by atoms with Crippen molar-refractivity contribution in [3.8, 4) is 5.75 Å². The molecule has 2 heterocycles. The Hall–Kier alpha value is -4.55. The van der Waals surface area contributed by atoms with Gasteiger partial charge in [-0.1, -0.05) is 60.7 Å². The van der Waals surface area contributed by atoms with E-state index in [0.717, 1.165) is 29.7 Å². The van der Waals surface area contributed by atoms with Gasteiger partial charge in [-0.2, -0.15) is 0 Å². The van der Waals surface area contributed by atoms with E-state index in [1.807, 2.05) is 0 Å². The molecule has 4 aromatic rings. The molecule has 9 nitrogen and oxygen atoms in total. The summed E-state index contributed by atoms with van der Waals surface area (Å²) in [6, 6.07) is 17.9. The molecule has 1 amide bonds. The van der Waals surface area contributed by atoms with E-state index in [0.29, 0.717) is 33.6 Å². The summed E-state index contributed by atoms with van der Waals surface area (Å²) >= 11 is 2.47. The van der Waals surface area contributed by atoms with Crippen LogP contribution in [0.3, 0.4) is 0 Å². The van der Waals surface area contributed by atoms with Crippen molar-refractivity contribution >= 4 is 51.6 Å². The van der Waals surface area contributed by atoms with E-state index in [-0.39, 0.29) is 27.8 Å². The number of nitrogens with zero attached hydrogens (tertiary/aromatic N) is 3. The van der Waals surface area contributed by atoms with Crippen LogP contribution in [0.15, 0.2) is 82.7 Å². The second kappa shape index (κ2) is 13.8. The maximum Gasteiger partial charge on any atom is 0.337 e. The number of ketones is 1. The third kappa shape index (κ3) is 6.66. The first-order valence-electron chi connectivity index (χ1n) is 13.7. The number of aromatic nitrogens is 2. The van der Waals surface area contributed by atoms with Crippen molar-refractivity contribution in [1.82, 2.24) is 10.2 Å². The molecule has 0 aliphatic carbocycles. The number of methoxy groups -OCH3 is 1. The first-order valence-corrected chi connectivity index (χ1v) is 15.5.